The highest BCUT2D eigenvalue weighted by Gasteiger charge is 2.39. The minimum atomic E-state index is -0.277. The van der Waals surface area contributed by atoms with Gasteiger partial charge in [0.1, 0.15) is 5.75 Å². The second kappa shape index (κ2) is 7.77. The van der Waals surface area contributed by atoms with Crippen molar-refractivity contribution in [1.82, 2.24) is 5.32 Å². The Bertz CT molecular complexity index is 855. The van der Waals surface area contributed by atoms with E-state index in [0.29, 0.717) is 29.5 Å². The quantitative estimate of drug-likeness (QED) is 0.788. The van der Waals surface area contributed by atoms with Crippen molar-refractivity contribution in [3.05, 3.63) is 41.5 Å². The molecule has 0 aliphatic carbocycles. The highest BCUT2D eigenvalue weighted by Crippen LogP contribution is 2.51. The minimum absolute atomic E-state index is 0.0282. The van der Waals surface area contributed by atoms with Gasteiger partial charge in [-0.3, -0.25) is 5.32 Å². The van der Waals surface area contributed by atoms with E-state index in [1.165, 1.54) is 0 Å². The maximum absolute atomic E-state index is 9.25. The summed E-state index contributed by atoms with van der Waals surface area (Å²) >= 11 is 0. The van der Waals surface area contributed by atoms with Crippen molar-refractivity contribution in [3.63, 3.8) is 0 Å². The van der Waals surface area contributed by atoms with E-state index in [1.54, 1.807) is 14.2 Å². The summed E-state index contributed by atoms with van der Waals surface area (Å²) in [5, 5.41) is 12.5. The molecule has 3 atom stereocenters. The molecule has 2 aliphatic rings. The van der Waals surface area contributed by atoms with Gasteiger partial charge in [0.25, 0.3) is 0 Å². The highest BCUT2D eigenvalue weighted by molar-refractivity contribution is 5.59. The summed E-state index contributed by atoms with van der Waals surface area (Å²) in [5.41, 5.74) is 2.01. The molecule has 0 unspecified atom stereocenters. The van der Waals surface area contributed by atoms with Gasteiger partial charge in [-0.15, -0.1) is 0 Å². The fourth-order valence-electron chi connectivity index (χ4n) is 4.03. The number of aliphatic hydroxyl groups is 1. The molecule has 0 amide bonds. The van der Waals surface area contributed by atoms with Gasteiger partial charge >= 0.3 is 0 Å². The van der Waals surface area contributed by atoms with Crippen LogP contribution in [0.25, 0.3) is 0 Å². The van der Waals surface area contributed by atoms with Crippen molar-refractivity contribution < 1.29 is 28.8 Å². The van der Waals surface area contributed by atoms with E-state index in [-0.39, 0.29) is 31.5 Å². The first kappa shape index (κ1) is 18.7. The van der Waals surface area contributed by atoms with Gasteiger partial charge < -0.3 is 28.8 Å². The summed E-state index contributed by atoms with van der Waals surface area (Å²) < 4.78 is 28.6. The fourth-order valence-corrected chi connectivity index (χ4v) is 4.03. The van der Waals surface area contributed by atoms with E-state index in [1.807, 2.05) is 30.3 Å². The fraction of sp³-hybridized carbons (Fsp3) is 0.429. The molecule has 150 valence electrons. The lowest BCUT2D eigenvalue weighted by molar-refractivity contribution is 0.0737. The molecule has 0 fully saturated rings. The van der Waals surface area contributed by atoms with Crippen LogP contribution >= 0.6 is 0 Å². The number of ether oxygens (including phenoxy) is 5. The van der Waals surface area contributed by atoms with E-state index >= 15 is 0 Å². The van der Waals surface area contributed by atoms with E-state index in [0.717, 1.165) is 16.9 Å². The molecule has 2 aromatic rings. The predicted octanol–water partition coefficient (Wildman–Crippen LogP) is 2.50. The summed E-state index contributed by atoms with van der Waals surface area (Å²) in [4.78, 5) is 0. The van der Waals surface area contributed by atoms with Crippen LogP contribution in [0.5, 0.6) is 28.7 Å². The number of benzene rings is 2. The summed E-state index contributed by atoms with van der Waals surface area (Å²) in [6.07, 6.45) is -0.277. The molecular formula is C21H25NO6. The number of methoxy groups -OCH3 is 2. The van der Waals surface area contributed by atoms with Crippen molar-refractivity contribution in [2.75, 3.05) is 34.2 Å². The SMILES string of the molecule is COc1cccc([C@@H]2c3cc4c(cc3O[C@H](NCCO)[C@@H]2C)OCO4)c1OC. The molecule has 0 aromatic heterocycles. The van der Waals surface area contributed by atoms with E-state index in [2.05, 4.69) is 12.2 Å². The maximum atomic E-state index is 9.25. The van der Waals surface area contributed by atoms with Gasteiger partial charge in [-0.25, -0.2) is 0 Å². The van der Waals surface area contributed by atoms with Crippen LogP contribution in [0.15, 0.2) is 30.3 Å². The normalized spacial score (nSPS) is 22.4. The Morgan fingerprint density at radius 3 is 2.57 bits per heavy atom. The van der Waals surface area contributed by atoms with Crippen LogP contribution in [0.3, 0.4) is 0 Å². The largest absolute Gasteiger partial charge is 0.493 e. The van der Waals surface area contributed by atoms with Gasteiger partial charge in [0.05, 0.1) is 20.8 Å². The number of aliphatic hydroxyl groups excluding tert-OH is 1. The van der Waals surface area contributed by atoms with Gasteiger partial charge in [-0.05, 0) is 12.1 Å². The maximum Gasteiger partial charge on any atom is 0.231 e. The molecule has 28 heavy (non-hydrogen) atoms. The molecule has 4 rings (SSSR count). The Morgan fingerprint density at radius 1 is 1.07 bits per heavy atom. The molecule has 7 nitrogen and oxygen atoms in total. The van der Waals surface area contributed by atoms with Gasteiger partial charge in [-0.2, -0.15) is 0 Å². The molecular weight excluding hydrogens is 362 g/mol. The van der Waals surface area contributed by atoms with Crippen LogP contribution in [0.2, 0.25) is 0 Å². The van der Waals surface area contributed by atoms with Crippen molar-refractivity contribution in [2.45, 2.75) is 19.1 Å². The van der Waals surface area contributed by atoms with Gasteiger partial charge in [0, 0.05) is 35.6 Å². The molecule has 2 N–H and O–H groups in total. The zero-order valence-electron chi connectivity index (χ0n) is 16.2. The third-order valence-electron chi connectivity index (χ3n) is 5.32. The molecule has 2 aromatic carbocycles. The average Bonchev–Trinajstić information content (AvgIpc) is 3.17. The van der Waals surface area contributed by atoms with Gasteiger partial charge in [0.2, 0.25) is 6.79 Å². The molecule has 0 spiro atoms. The van der Waals surface area contributed by atoms with Crippen molar-refractivity contribution in [2.24, 2.45) is 5.92 Å². The predicted molar refractivity (Wildman–Crippen MR) is 103 cm³/mol. The van der Waals surface area contributed by atoms with Gasteiger partial charge in [-0.1, -0.05) is 19.1 Å². The first-order valence-corrected chi connectivity index (χ1v) is 9.33. The average molecular weight is 387 g/mol. The first-order valence-electron chi connectivity index (χ1n) is 9.33. The lowest BCUT2D eigenvalue weighted by Crippen LogP contribution is -2.46. The number of hydrogen-bond donors (Lipinski definition) is 2. The van der Waals surface area contributed by atoms with Crippen LogP contribution in [0, 0.1) is 5.92 Å². The molecule has 7 heteroatoms. The number of hydrogen-bond acceptors (Lipinski definition) is 7. The summed E-state index contributed by atoms with van der Waals surface area (Å²) in [6.45, 7) is 2.80. The Labute approximate surface area is 164 Å². The molecule has 0 bridgehead atoms. The lowest BCUT2D eigenvalue weighted by atomic mass is 9.78. The van der Waals surface area contributed by atoms with Crippen LogP contribution in [0.1, 0.15) is 24.0 Å². The standard InChI is InChI=1S/C21H25NO6/c1-12-19(13-5-4-6-15(24-2)20(13)25-3)14-9-17-18(27-11-26-17)10-16(14)28-21(12)22-7-8-23/h4-6,9-10,12,19,21-23H,7-8,11H2,1-3H3/t12-,19-,21+/m1/s1. The van der Waals surface area contributed by atoms with E-state index < -0.39 is 0 Å². The number of rotatable bonds is 6. The second-order valence-electron chi connectivity index (χ2n) is 6.88. The number of fused-ring (bicyclic) bond motifs is 2. The Kier molecular flexibility index (Phi) is 5.19. The monoisotopic (exact) mass is 387 g/mol. The number of para-hydroxylation sites is 1. The van der Waals surface area contributed by atoms with Crippen LogP contribution in [-0.2, 0) is 0 Å². The van der Waals surface area contributed by atoms with Crippen molar-refractivity contribution in [3.8, 4) is 28.7 Å². The minimum Gasteiger partial charge on any atom is -0.493 e. The highest BCUT2D eigenvalue weighted by atomic mass is 16.7. The number of nitrogens with one attached hydrogen (secondary N) is 1. The zero-order chi connectivity index (χ0) is 19.7. The van der Waals surface area contributed by atoms with Crippen molar-refractivity contribution in [1.29, 1.82) is 0 Å². The molecule has 0 saturated carbocycles. The smallest absolute Gasteiger partial charge is 0.231 e. The molecule has 0 saturated heterocycles. The summed E-state index contributed by atoms with van der Waals surface area (Å²) in [7, 11) is 3.28. The van der Waals surface area contributed by atoms with Crippen molar-refractivity contribution >= 4 is 0 Å². The Balaban J connectivity index is 1.85. The van der Waals surface area contributed by atoms with Crippen LogP contribution in [0.4, 0.5) is 0 Å². The zero-order valence-corrected chi connectivity index (χ0v) is 16.2. The van der Waals surface area contributed by atoms with E-state index in [4.69, 9.17) is 23.7 Å². The third kappa shape index (κ3) is 3.10. The topological polar surface area (TPSA) is 78.4 Å². The Morgan fingerprint density at radius 2 is 1.86 bits per heavy atom. The lowest BCUT2D eigenvalue weighted by Gasteiger charge is -2.39. The van der Waals surface area contributed by atoms with Crippen LogP contribution in [-0.4, -0.2) is 45.5 Å². The van der Waals surface area contributed by atoms with E-state index in [9.17, 15) is 5.11 Å². The molecule has 2 aliphatic heterocycles. The van der Waals surface area contributed by atoms with Gasteiger partial charge in [0.15, 0.2) is 29.2 Å². The summed E-state index contributed by atoms with van der Waals surface area (Å²) in [6, 6.07) is 9.75. The summed E-state index contributed by atoms with van der Waals surface area (Å²) in [5.74, 6) is 3.52. The Hall–Kier alpha value is -2.64. The molecule has 2 heterocycles. The molecule has 0 radical (unpaired) electrons. The first-order chi connectivity index (χ1) is 13.7. The second-order valence-corrected chi connectivity index (χ2v) is 6.88. The third-order valence-corrected chi connectivity index (χ3v) is 5.32. The van der Waals surface area contributed by atoms with Crippen LogP contribution < -0.4 is 29.0 Å².